The van der Waals surface area contributed by atoms with Crippen LogP contribution >= 0.6 is 11.3 Å². The molecule has 130 valence electrons. The van der Waals surface area contributed by atoms with Crippen LogP contribution < -0.4 is 4.74 Å². The number of methoxy groups -OCH3 is 1. The molecule has 0 saturated carbocycles. The molecule has 0 aliphatic rings. The molecule has 3 aromatic rings. The average Bonchev–Trinajstić information content (AvgIpc) is 2.97. The Morgan fingerprint density at radius 3 is 2.72 bits per heavy atom. The van der Waals surface area contributed by atoms with Gasteiger partial charge in [-0.05, 0) is 54.8 Å². The third kappa shape index (κ3) is 3.79. The van der Waals surface area contributed by atoms with Gasteiger partial charge in [-0.2, -0.15) is 0 Å². The zero-order chi connectivity index (χ0) is 18.0. The summed E-state index contributed by atoms with van der Waals surface area (Å²) < 4.78 is 11.8. The van der Waals surface area contributed by atoms with Crippen molar-refractivity contribution in [2.45, 2.75) is 33.8 Å². The summed E-state index contributed by atoms with van der Waals surface area (Å²) in [7, 11) is 1.41. The second-order valence-electron chi connectivity index (χ2n) is 5.94. The first-order valence-corrected chi connectivity index (χ1v) is 8.85. The van der Waals surface area contributed by atoms with Crippen LogP contribution in [0, 0.1) is 20.8 Å². The lowest BCUT2D eigenvalue weighted by Gasteiger charge is -2.10. The van der Waals surface area contributed by atoms with Gasteiger partial charge in [0.15, 0.2) is 0 Å². The van der Waals surface area contributed by atoms with Crippen molar-refractivity contribution in [3.05, 3.63) is 51.9 Å². The normalized spacial score (nSPS) is 10.9. The quantitative estimate of drug-likeness (QED) is 0.649. The Morgan fingerprint density at radius 1 is 1.20 bits per heavy atom. The summed E-state index contributed by atoms with van der Waals surface area (Å²) in [5.41, 5.74) is 3.99. The molecule has 2 aromatic heterocycles. The molecule has 0 radical (unpaired) electrons. The number of hydrogen-bond acceptors (Lipinski definition) is 6. The molecule has 0 aliphatic heterocycles. The lowest BCUT2D eigenvalue weighted by atomic mass is 10.1. The maximum Gasteiger partial charge on any atom is 0.310 e. The van der Waals surface area contributed by atoms with E-state index < -0.39 is 0 Å². The molecule has 0 fully saturated rings. The first-order chi connectivity index (χ1) is 12.0. The molecule has 0 unspecified atom stereocenters. The Bertz CT molecular complexity index is 934. The first-order valence-electron chi connectivity index (χ1n) is 7.97. The fourth-order valence-corrected chi connectivity index (χ4v) is 3.84. The van der Waals surface area contributed by atoms with Crippen LogP contribution in [0.4, 0.5) is 0 Å². The van der Waals surface area contributed by atoms with E-state index in [4.69, 9.17) is 9.47 Å². The summed E-state index contributed by atoms with van der Waals surface area (Å²) in [5, 5.41) is 3.12. The minimum atomic E-state index is -0.228. The third-order valence-corrected chi connectivity index (χ3v) is 5.06. The highest BCUT2D eigenvalue weighted by molar-refractivity contribution is 7.17. The van der Waals surface area contributed by atoms with E-state index >= 15 is 0 Å². The summed E-state index contributed by atoms with van der Waals surface area (Å²) in [6.07, 6.45) is 2.10. The van der Waals surface area contributed by atoms with E-state index in [1.54, 1.807) is 11.3 Å². The van der Waals surface area contributed by atoms with Gasteiger partial charge in [0.05, 0.1) is 13.5 Å². The fourth-order valence-electron chi connectivity index (χ4n) is 2.77. The Morgan fingerprint density at radius 2 is 2.00 bits per heavy atom. The molecule has 0 spiro atoms. The van der Waals surface area contributed by atoms with Crippen LogP contribution in [0.25, 0.3) is 10.1 Å². The molecular weight excluding hydrogens is 336 g/mol. The summed E-state index contributed by atoms with van der Waals surface area (Å²) in [6.45, 7) is 6.29. The molecule has 3 rings (SSSR count). The lowest BCUT2D eigenvalue weighted by Crippen LogP contribution is -2.04. The summed E-state index contributed by atoms with van der Waals surface area (Å²) >= 11 is 1.61. The van der Waals surface area contributed by atoms with E-state index in [2.05, 4.69) is 9.97 Å². The number of benzene rings is 1. The largest absolute Gasteiger partial charge is 0.489 e. The van der Waals surface area contributed by atoms with Gasteiger partial charge >= 0.3 is 5.97 Å². The standard InChI is InChI=1S/C19H20N2O3S/c1-11-5-16(24-9-15-8-20-13(3)21-12(15)2)7-17-19(11)14(10-25-17)6-18(22)23-4/h5,7-8,10H,6,9H2,1-4H3. The zero-order valence-electron chi connectivity index (χ0n) is 14.8. The minimum Gasteiger partial charge on any atom is -0.489 e. The topological polar surface area (TPSA) is 61.3 Å². The number of hydrogen-bond donors (Lipinski definition) is 0. The van der Waals surface area contributed by atoms with Gasteiger partial charge in [0.1, 0.15) is 18.2 Å². The summed E-state index contributed by atoms with van der Waals surface area (Å²) in [6, 6.07) is 4.01. The van der Waals surface area contributed by atoms with Crippen molar-refractivity contribution in [3.63, 3.8) is 0 Å². The summed E-state index contributed by atoms with van der Waals surface area (Å²) in [4.78, 5) is 20.1. The van der Waals surface area contributed by atoms with Crippen molar-refractivity contribution in [3.8, 4) is 5.75 Å². The van der Waals surface area contributed by atoms with Crippen molar-refractivity contribution in [1.29, 1.82) is 0 Å². The van der Waals surface area contributed by atoms with E-state index in [9.17, 15) is 4.79 Å². The van der Waals surface area contributed by atoms with Gasteiger partial charge < -0.3 is 9.47 Å². The fraction of sp³-hybridized carbons (Fsp3) is 0.316. The molecule has 0 saturated heterocycles. The number of carbonyl (C=O) groups excluding carboxylic acids is 1. The molecule has 5 nitrogen and oxygen atoms in total. The highest BCUT2D eigenvalue weighted by atomic mass is 32.1. The van der Waals surface area contributed by atoms with Crippen molar-refractivity contribution in [2.75, 3.05) is 7.11 Å². The number of nitrogens with zero attached hydrogens (tertiary/aromatic N) is 2. The van der Waals surface area contributed by atoms with E-state index in [1.165, 1.54) is 7.11 Å². The van der Waals surface area contributed by atoms with E-state index in [0.29, 0.717) is 6.61 Å². The zero-order valence-corrected chi connectivity index (χ0v) is 15.6. The number of carbonyl (C=O) groups is 1. The SMILES string of the molecule is COC(=O)Cc1csc2cc(OCc3cnc(C)nc3C)cc(C)c12. The van der Waals surface area contributed by atoms with E-state index in [-0.39, 0.29) is 12.4 Å². The number of aryl methyl sites for hydroxylation is 3. The molecule has 0 amide bonds. The number of ether oxygens (including phenoxy) is 2. The number of esters is 1. The number of rotatable bonds is 5. The first kappa shape index (κ1) is 17.4. The average molecular weight is 356 g/mol. The van der Waals surface area contributed by atoms with Crippen LogP contribution in [-0.4, -0.2) is 23.0 Å². The van der Waals surface area contributed by atoms with Crippen molar-refractivity contribution in [2.24, 2.45) is 0 Å². The maximum absolute atomic E-state index is 11.6. The molecule has 1 aromatic carbocycles. The molecular formula is C19H20N2O3S. The van der Waals surface area contributed by atoms with Crippen LogP contribution in [0.1, 0.15) is 28.2 Å². The molecule has 0 bridgehead atoms. The van der Waals surface area contributed by atoms with E-state index in [0.717, 1.165) is 44.0 Å². The monoisotopic (exact) mass is 356 g/mol. The Hall–Kier alpha value is -2.47. The second-order valence-corrected chi connectivity index (χ2v) is 6.85. The van der Waals surface area contributed by atoms with E-state index in [1.807, 2.05) is 44.5 Å². The van der Waals surface area contributed by atoms with Crippen LogP contribution in [0.15, 0.2) is 23.7 Å². The van der Waals surface area contributed by atoms with Gasteiger partial charge in [-0.3, -0.25) is 4.79 Å². The van der Waals surface area contributed by atoms with Gasteiger partial charge in [0.2, 0.25) is 0 Å². The van der Waals surface area contributed by atoms with Crippen LogP contribution in [0.3, 0.4) is 0 Å². The van der Waals surface area contributed by atoms with Crippen molar-refractivity contribution < 1.29 is 14.3 Å². The van der Waals surface area contributed by atoms with Gasteiger partial charge in [0.25, 0.3) is 0 Å². The second kappa shape index (κ2) is 7.19. The number of aromatic nitrogens is 2. The molecule has 2 heterocycles. The predicted octanol–water partition coefficient (Wildman–Crippen LogP) is 3.91. The molecule has 0 aliphatic carbocycles. The molecule has 6 heteroatoms. The predicted molar refractivity (Wildman–Crippen MR) is 98.1 cm³/mol. The number of fused-ring (bicyclic) bond motifs is 1. The smallest absolute Gasteiger partial charge is 0.310 e. The third-order valence-electron chi connectivity index (χ3n) is 4.08. The molecule has 25 heavy (non-hydrogen) atoms. The van der Waals surface area contributed by atoms with Crippen LogP contribution in [0.2, 0.25) is 0 Å². The molecule has 0 N–H and O–H groups in total. The Labute approximate surface area is 150 Å². The summed E-state index contributed by atoms with van der Waals surface area (Å²) in [5.74, 6) is 1.33. The Kier molecular flexibility index (Phi) is 4.99. The van der Waals surface area contributed by atoms with Gasteiger partial charge in [-0.25, -0.2) is 9.97 Å². The van der Waals surface area contributed by atoms with Gasteiger partial charge in [0, 0.05) is 22.2 Å². The molecule has 0 atom stereocenters. The number of thiophene rings is 1. The maximum atomic E-state index is 11.6. The highest BCUT2D eigenvalue weighted by Crippen LogP contribution is 2.33. The van der Waals surface area contributed by atoms with Crippen LogP contribution in [-0.2, 0) is 22.6 Å². The van der Waals surface area contributed by atoms with Crippen LogP contribution in [0.5, 0.6) is 5.75 Å². The van der Waals surface area contributed by atoms with Crippen molar-refractivity contribution >= 4 is 27.4 Å². The van der Waals surface area contributed by atoms with Gasteiger partial charge in [-0.15, -0.1) is 11.3 Å². The van der Waals surface area contributed by atoms with Gasteiger partial charge in [-0.1, -0.05) is 0 Å². The lowest BCUT2D eigenvalue weighted by molar-refractivity contribution is -0.139. The highest BCUT2D eigenvalue weighted by Gasteiger charge is 2.13. The van der Waals surface area contributed by atoms with Crippen molar-refractivity contribution in [1.82, 2.24) is 9.97 Å². The Balaban J connectivity index is 1.82. The minimum absolute atomic E-state index is 0.228.